The second kappa shape index (κ2) is 10.2. The molecule has 1 saturated heterocycles. The van der Waals surface area contributed by atoms with Gasteiger partial charge in [0.1, 0.15) is 5.82 Å². The summed E-state index contributed by atoms with van der Waals surface area (Å²) in [6, 6.07) is 12.4. The summed E-state index contributed by atoms with van der Waals surface area (Å²) in [5.41, 5.74) is 3.60. The highest BCUT2D eigenvalue weighted by atomic mass is 32.2. The van der Waals surface area contributed by atoms with Crippen molar-refractivity contribution in [2.75, 3.05) is 30.9 Å². The highest BCUT2D eigenvalue weighted by Crippen LogP contribution is 2.35. The fourth-order valence-corrected chi connectivity index (χ4v) is 6.46. The number of pyridine rings is 1. The number of anilines is 1. The molecule has 188 valence electrons. The van der Waals surface area contributed by atoms with Crippen LogP contribution in [0.3, 0.4) is 0 Å². The molecule has 3 aromatic rings. The Balaban J connectivity index is 1.19. The monoisotopic (exact) mass is 497 g/mol. The highest BCUT2D eigenvalue weighted by molar-refractivity contribution is 7.88. The molecule has 2 aliphatic rings. The first kappa shape index (κ1) is 24.2. The number of piperidine rings is 1. The lowest BCUT2D eigenvalue weighted by Crippen LogP contribution is -2.52. The molecule has 2 fully saturated rings. The van der Waals surface area contributed by atoms with Gasteiger partial charge in [0, 0.05) is 38.3 Å². The lowest BCUT2D eigenvalue weighted by Gasteiger charge is -2.40. The Morgan fingerprint density at radius 1 is 1.09 bits per heavy atom. The average Bonchev–Trinajstić information content (AvgIpc) is 3.23. The van der Waals surface area contributed by atoms with Crippen LogP contribution in [0.15, 0.2) is 48.9 Å². The smallest absolute Gasteiger partial charge is 0.208 e. The number of aromatic nitrogens is 3. The molecule has 1 aliphatic carbocycles. The molecule has 1 N–H and O–H groups in total. The number of hydrogen-bond donors (Lipinski definition) is 1. The van der Waals surface area contributed by atoms with Crippen LogP contribution in [0.25, 0.3) is 11.0 Å². The zero-order valence-corrected chi connectivity index (χ0v) is 21.3. The highest BCUT2D eigenvalue weighted by Gasteiger charge is 2.33. The van der Waals surface area contributed by atoms with Gasteiger partial charge in [0.05, 0.1) is 36.3 Å². The lowest BCUT2D eigenvalue weighted by molar-refractivity contribution is -0.00213. The summed E-state index contributed by atoms with van der Waals surface area (Å²) < 4.78 is 35.3. The van der Waals surface area contributed by atoms with E-state index in [1.54, 1.807) is 6.20 Å². The van der Waals surface area contributed by atoms with Crippen molar-refractivity contribution in [2.45, 2.75) is 50.2 Å². The lowest BCUT2D eigenvalue weighted by atomic mass is 9.82. The first-order chi connectivity index (χ1) is 16.9. The Hall–Kier alpha value is -2.49. The van der Waals surface area contributed by atoms with E-state index < -0.39 is 10.0 Å². The van der Waals surface area contributed by atoms with Crippen molar-refractivity contribution in [2.24, 2.45) is 13.0 Å². The van der Waals surface area contributed by atoms with Gasteiger partial charge in [-0.25, -0.2) is 23.1 Å². The van der Waals surface area contributed by atoms with E-state index >= 15 is 0 Å². The third kappa shape index (κ3) is 5.85. The maximum absolute atomic E-state index is 12.0. The van der Waals surface area contributed by atoms with E-state index in [1.807, 2.05) is 31.6 Å². The Labute approximate surface area is 207 Å². The van der Waals surface area contributed by atoms with Crippen LogP contribution in [0.1, 0.15) is 43.6 Å². The molecular formula is C26H35N5O3S. The molecule has 1 saturated carbocycles. The van der Waals surface area contributed by atoms with E-state index in [9.17, 15) is 8.42 Å². The predicted molar refractivity (Wildman–Crippen MR) is 138 cm³/mol. The number of rotatable bonds is 7. The van der Waals surface area contributed by atoms with Crippen LogP contribution < -0.4 is 9.62 Å². The molecule has 0 radical (unpaired) electrons. The summed E-state index contributed by atoms with van der Waals surface area (Å²) in [5.74, 6) is 1.55. The van der Waals surface area contributed by atoms with Gasteiger partial charge < -0.3 is 14.2 Å². The van der Waals surface area contributed by atoms with Gasteiger partial charge in [-0.15, -0.1) is 0 Å². The summed E-state index contributed by atoms with van der Waals surface area (Å²) >= 11 is 0. The van der Waals surface area contributed by atoms with E-state index in [2.05, 4.69) is 42.4 Å². The average molecular weight is 498 g/mol. The van der Waals surface area contributed by atoms with Crippen LogP contribution in [0.5, 0.6) is 0 Å². The quantitative estimate of drug-likeness (QED) is 0.538. The van der Waals surface area contributed by atoms with Crippen molar-refractivity contribution < 1.29 is 13.2 Å². The summed E-state index contributed by atoms with van der Waals surface area (Å²) in [4.78, 5) is 11.2. The molecule has 5 rings (SSSR count). The van der Waals surface area contributed by atoms with E-state index in [4.69, 9.17) is 4.74 Å². The van der Waals surface area contributed by atoms with Crippen LogP contribution in [-0.2, 0) is 21.8 Å². The second-order valence-corrected chi connectivity index (χ2v) is 11.9. The molecular weight excluding hydrogens is 462 g/mol. The molecule has 0 bridgehead atoms. The van der Waals surface area contributed by atoms with Gasteiger partial charge in [-0.1, -0.05) is 12.1 Å². The van der Waals surface area contributed by atoms with Crippen LogP contribution in [0, 0.1) is 5.92 Å². The van der Waals surface area contributed by atoms with E-state index in [0.29, 0.717) is 12.5 Å². The zero-order chi connectivity index (χ0) is 24.4. The van der Waals surface area contributed by atoms with Crippen molar-refractivity contribution in [1.82, 2.24) is 19.3 Å². The number of benzene rings is 1. The zero-order valence-electron chi connectivity index (χ0n) is 20.5. The van der Waals surface area contributed by atoms with Crippen molar-refractivity contribution >= 4 is 26.9 Å². The maximum atomic E-state index is 12.0. The van der Waals surface area contributed by atoms with Crippen LogP contribution in [-0.4, -0.2) is 61.1 Å². The second-order valence-electron chi connectivity index (χ2n) is 10.1. The Morgan fingerprint density at radius 3 is 2.66 bits per heavy atom. The van der Waals surface area contributed by atoms with Gasteiger partial charge in [-0.3, -0.25) is 0 Å². The van der Waals surface area contributed by atoms with Gasteiger partial charge >= 0.3 is 0 Å². The van der Waals surface area contributed by atoms with Crippen LogP contribution in [0.2, 0.25) is 0 Å². The molecule has 2 atom stereocenters. The molecule has 1 aliphatic heterocycles. The van der Waals surface area contributed by atoms with Gasteiger partial charge in [-0.2, -0.15) is 0 Å². The summed E-state index contributed by atoms with van der Waals surface area (Å²) in [7, 11) is -1.24. The SMILES string of the molecule is Cn1cnc2ccc(C3CCC(OCC4CN(c5ccccn5)CCC4NS(C)(=O)=O)CC3)cc21. The first-order valence-electron chi connectivity index (χ1n) is 12.5. The molecule has 1 aromatic carbocycles. The van der Waals surface area contributed by atoms with E-state index in [-0.39, 0.29) is 18.1 Å². The van der Waals surface area contributed by atoms with Crippen molar-refractivity contribution in [1.29, 1.82) is 0 Å². The topological polar surface area (TPSA) is 89.3 Å². The first-order valence-corrected chi connectivity index (χ1v) is 14.4. The number of ether oxygens (including phenoxy) is 1. The Kier molecular flexibility index (Phi) is 7.09. The Morgan fingerprint density at radius 2 is 1.91 bits per heavy atom. The minimum atomic E-state index is -3.28. The predicted octanol–water partition coefficient (Wildman–Crippen LogP) is 3.46. The minimum Gasteiger partial charge on any atom is -0.378 e. The standard InChI is InChI=1S/C26H35N5O3S/c1-30-18-28-24-11-8-20(15-25(24)30)19-6-9-22(10-7-19)34-17-21-16-31(26-5-3-4-13-27-26)14-12-23(21)29-35(2,32)33/h3-5,8,11,13,15,18-19,21-23,29H,6-7,9-10,12,14,16-17H2,1-2H3. The van der Waals surface area contributed by atoms with Crippen molar-refractivity contribution in [3.05, 3.63) is 54.5 Å². The molecule has 2 unspecified atom stereocenters. The van der Waals surface area contributed by atoms with Gasteiger partial charge in [0.15, 0.2) is 0 Å². The fraction of sp³-hybridized carbons (Fsp3) is 0.538. The van der Waals surface area contributed by atoms with Crippen molar-refractivity contribution in [3.63, 3.8) is 0 Å². The molecule has 35 heavy (non-hydrogen) atoms. The number of hydrogen-bond acceptors (Lipinski definition) is 6. The van der Waals surface area contributed by atoms with Crippen LogP contribution >= 0.6 is 0 Å². The number of imidazole rings is 1. The third-order valence-corrected chi connectivity index (χ3v) is 8.24. The molecule has 0 amide bonds. The largest absolute Gasteiger partial charge is 0.378 e. The number of nitrogens with one attached hydrogen (secondary N) is 1. The van der Waals surface area contributed by atoms with Crippen LogP contribution in [0.4, 0.5) is 5.82 Å². The number of sulfonamides is 1. The molecule has 8 nitrogen and oxygen atoms in total. The van der Waals surface area contributed by atoms with Gasteiger partial charge in [0.2, 0.25) is 10.0 Å². The maximum Gasteiger partial charge on any atom is 0.208 e. The fourth-order valence-electron chi connectivity index (χ4n) is 5.60. The Bertz CT molecular complexity index is 1240. The molecule has 2 aromatic heterocycles. The van der Waals surface area contributed by atoms with Gasteiger partial charge in [-0.05, 0) is 67.9 Å². The number of fused-ring (bicyclic) bond motifs is 1. The van der Waals surface area contributed by atoms with E-state index in [0.717, 1.165) is 56.5 Å². The summed E-state index contributed by atoms with van der Waals surface area (Å²) in [5, 5.41) is 0. The van der Waals surface area contributed by atoms with Crippen molar-refractivity contribution in [3.8, 4) is 0 Å². The third-order valence-electron chi connectivity index (χ3n) is 7.51. The molecule has 9 heteroatoms. The number of aryl methyl sites for hydroxylation is 1. The molecule has 3 heterocycles. The normalized spacial score (nSPS) is 25.7. The summed E-state index contributed by atoms with van der Waals surface area (Å²) in [6.45, 7) is 2.05. The summed E-state index contributed by atoms with van der Waals surface area (Å²) in [6.07, 6.45) is 10.1. The van der Waals surface area contributed by atoms with Gasteiger partial charge in [0.25, 0.3) is 0 Å². The molecule has 0 spiro atoms. The minimum absolute atomic E-state index is 0.0745. The number of nitrogens with zero attached hydrogens (tertiary/aromatic N) is 4. The van der Waals surface area contributed by atoms with E-state index in [1.165, 1.54) is 17.3 Å².